The molecule has 0 spiro atoms. The van der Waals surface area contributed by atoms with Gasteiger partial charge < -0.3 is 9.13 Å². The zero-order valence-corrected chi connectivity index (χ0v) is 41.9. The third-order valence-electron chi connectivity index (χ3n) is 14.4. The lowest BCUT2D eigenvalue weighted by atomic mass is 9.98. The molecule has 0 bridgehead atoms. The van der Waals surface area contributed by atoms with Gasteiger partial charge in [-0.05, 0) is 54.1 Å². The molecule has 0 fully saturated rings. The minimum absolute atomic E-state index is 0.188. The van der Waals surface area contributed by atoms with Crippen LogP contribution in [-0.2, 0) is 0 Å². The molecule has 368 valence electrons. The molecule has 0 aliphatic rings. The van der Waals surface area contributed by atoms with Crippen LogP contribution in [0.4, 0.5) is 4.39 Å². The van der Waals surface area contributed by atoms with Crippen LogP contribution in [0.25, 0.3) is 134 Å². The van der Waals surface area contributed by atoms with E-state index in [-0.39, 0.29) is 11.1 Å². The highest BCUT2D eigenvalue weighted by Crippen LogP contribution is 2.42. The second-order valence-corrected chi connectivity index (χ2v) is 19.1. The average molecular weight is 1020 g/mol. The molecule has 0 saturated carbocycles. The molecular formula is C68H39FN10. The van der Waals surface area contributed by atoms with Crippen molar-refractivity contribution < 1.29 is 4.39 Å². The summed E-state index contributed by atoms with van der Waals surface area (Å²) in [5.74, 6) is 2.45. The maximum Gasteiger partial charge on any atom is 0.164 e. The summed E-state index contributed by atoms with van der Waals surface area (Å²) in [5.41, 5.74) is 10.3. The van der Waals surface area contributed by atoms with Gasteiger partial charge in [0.25, 0.3) is 0 Å². The van der Waals surface area contributed by atoms with Crippen molar-refractivity contribution in [3.63, 3.8) is 0 Å². The second kappa shape index (κ2) is 19.1. The third kappa shape index (κ3) is 8.11. The number of hydrogen-bond donors (Lipinski definition) is 0. The molecule has 4 aromatic heterocycles. The van der Waals surface area contributed by atoms with Crippen LogP contribution in [0.15, 0.2) is 237 Å². The van der Waals surface area contributed by atoms with E-state index in [1.54, 1.807) is 12.1 Å². The van der Waals surface area contributed by atoms with Gasteiger partial charge in [-0.2, -0.15) is 10.5 Å². The lowest BCUT2D eigenvalue weighted by Gasteiger charge is -2.19. The van der Waals surface area contributed by atoms with E-state index in [2.05, 4.69) is 57.7 Å². The topological polar surface area (TPSA) is 135 Å². The Bertz CT molecular complexity index is 4430. The Labute approximate surface area is 452 Å². The van der Waals surface area contributed by atoms with E-state index in [0.29, 0.717) is 57.4 Å². The van der Waals surface area contributed by atoms with Crippen LogP contribution in [0.3, 0.4) is 0 Å². The largest absolute Gasteiger partial charge is 0.308 e. The van der Waals surface area contributed by atoms with Crippen LogP contribution < -0.4 is 0 Å². The molecule has 14 aromatic rings. The Balaban J connectivity index is 1.04. The predicted octanol–water partition coefficient (Wildman–Crippen LogP) is 15.8. The van der Waals surface area contributed by atoms with E-state index in [4.69, 9.17) is 29.9 Å². The van der Waals surface area contributed by atoms with Crippen molar-refractivity contribution in [2.24, 2.45) is 0 Å². The fourth-order valence-electron chi connectivity index (χ4n) is 10.7. The van der Waals surface area contributed by atoms with Crippen LogP contribution in [0.1, 0.15) is 11.1 Å². The molecular weight excluding hydrogens is 976 g/mol. The van der Waals surface area contributed by atoms with Crippen LogP contribution in [0.2, 0.25) is 0 Å². The number of rotatable bonds is 9. The van der Waals surface area contributed by atoms with Gasteiger partial charge in [0.1, 0.15) is 17.4 Å². The monoisotopic (exact) mass is 1010 g/mol. The summed E-state index contributed by atoms with van der Waals surface area (Å²) in [7, 11) is 0. The Morgan fingerprint density at radius 3 is 1.03 bits per heavy atom. The zero-order valence-electron chi connectivity index (χ0n) is 41.9. The molecule has 79 heavy (non-hydrogen) atoms. The lowest BCUT2D eigenvalue weighted by Crippen LogP contribution is -2.06. The maximum atomic E-state index is 16.7. The minimum Gasteiger partial charge on any atom is -0.308 e. The van der Waals surface area contributed by atoms with Crippen molar-refractivity contribution in [2.75, 3.05) is 0 Å². The summed E-state index contributed by atoms with van der Waals surface area (Å²) in [6.07, 6.45) is 0. The molecule has 0 radical (unpaired) electrons. The number of benzene rings is 10. The number of aromatic nitrogens is 8. The zero-order chi connectivity index (χ0) is 53.0. The summed E-state index contributed by atoms with van der Waals surface area (Å²) in [4.78, 5) is 30.2. The van der Waals surface area contributed by atoms with Gasteiger partial charge in [0.15, 0.2) is 34.9 Å². The Morgan fingerprint density at radius 1 is 0.304 bits per heavy atom. The number of nitrogens with zero attached hydrogens (tertiary/aromatic N) is 10. The van der Waals surface area contributed by atoms with Crippen molar-refractivity contribution in [2.45, 2.75) is 0 Å². The van der Waals surface area contributed by atoms with Crippen molar-refractivity contribution in [1.29, 1.82) is 10.5 Å². The second-order valence-electron chi connectivity index (χ2n) is 19.1. The number of para-hydroxylation sites is 2. The average Bonchev–Trinajstić information content (AvgIpc) is 4.00. The molecule has 11 heteroatoms. The molecule has 0 N–H and O–H groups in total. The van der Waals surface area contributed by atoms with Gasteiger partial charge in [-0.3, -0.25) is 0 Å². The first-order valence-electron chi connectivity index (χ1n) is 25.6. The van der Waals surface area contributed by atoms with Gasteiger partial charge in [0.2, 0.25) is 0 Å². The molecule has 0 unspecified atom stereocenters. The van der Waals surface area contributed by atoms with E-state index in [1.807, 2.05) is 182 Å². The number of nitriles is 2. The van der Waals surface area contributed by atoms with Crippen molar-refractivity contribution in [3.8, 4) is 103 Å². The van der Waals surface area contributed by atoms with Gasteiger partial charge in [0, 0.05) is 60.5 Å². The number of hydrogen-bond acceptors (Lipinski definition) is 8. The van der Waals surface area contributed by atoms with E-state index in [9.17, 15) is 10.5 Å². The van der Waals surface area contributed by atoms with E-state index in [1.165, 1.54) is 6.07 Å². The van der Waals surface area contributed by atoms with Crippen LogP contribution >= 0.6 is 0 Å². The molecule has 14 rings (SSSR count). The van der Waals surface area contributed by atoms with Gasteiger partial charge >= 0.3 is 0 Å². The van der Waals surface area contributed by atoms with Crippen molar-refractivity contribution in [1.82, 2.24) is 39.0 Å². The number of fused-ring (bicyclic) bond motifs is 6. The fourth-order valence-corrected chi connectivity index (χ4v) is 10.7. The maximum absolute atomic E-state index is 16.7. The molecule has 4 heterocycles. The van der Waals surface area contributed by atoms with Gasteiger partial charge in [-0.1, -0.05) is 188 Å². The van der Waals surface area contributed by atoms with E-state index in [0.717, 1.165) is 77.0 Å². The summed E-state index contributed by atoms with van der Waals surface area (Å²) in [6, 6.07) is 80.7. The van der Waals surface area contributed by atoms with E-state index >= 15 is 4.39 Å². The first-order chi connectivity index (χ1) is 39.0. The smallest absolute Gasteiger partial charge is 0.164 e. The summed E-state index contributed by atoms with van der Waals surface area (Å²) >= 11 is 0. The molecule has 0 aliphatic heterocycles. The number of halogens is 1. The van der Waals surface area contributed by atoms with Crippen molar-refractivity contribution in [3.05, 3.63) is 254 Å². The molecule has 0 saturated heterocycles. The highest BCUT2D eigenvalue weighted by molar-refractivity contribution is 6.12. The fraction of sp³-hybridized carbons (Fsp3) is 0. The first-order valence-corrected chi connectivity index (χ1v) is 25.6. The predicted molar refractivity (Wildman–Crippen MR) is 309 cm³/mol. The first kappa shape index (κ1) is 46.3. The van der Waals surface area contributed by atoms with Gasteiger partial charge in [0.05, 0.1) is 45.1 Å². The van der Waals surface area contributed by atoms with Crippen LogP contribution in [0, 0.1) is 28.5 Å². The molecule has 10 nitrogen and oxygen atoms in total. The Morgan fingerprint density at radius 2 is 0.658 bits per heavy atom. The standard InChI is InChI=1S/C68H39FN10/c69-56-35-42(40-70)29-32-50(56)49-38-61(78-57-27-15-13-25-51(57)53-33-30-47(36-59(53)78)67-74-63(43-17-5-1-6-18-43)72-64(75-67)44-19-7-2-8-20-44)55(41-71)62(39-49)79-58-28-16-14-26-52(58)54-34-31-48(37-60(54)79)68-76-65(45-21-9-3-10-22-45)73-66(77-68)46-23-11-4-12-24-46/h1-39H. The Kier molecular flexibility index (Phi) is 11.2. The SMILES string of the molecule is N#Cc1ccc(-c2cc(-n3c4ccccc4c4ccc(-c5nc(-c6ccccc6)nc(-c6ccccc6)n5)cc43)c(C#N)c(-n3c4ccccc4c4ccc(-c5nc(-c6ccccc6)nc(-c6ccccc6)n5)cc43)c2)c(F)c1. The molecule has 0 aliphatic carbocycles. The van der Waals surface area contributed by atoms with Crippen LogP contribution in [0.5, 0.6) is 0 Å². The summed E-state index contributed by atoms with van der Waals surface area (Å²) < 4.78 is 20.9. The van der Waals surface area contributed by atoms with Gasteiger partial charge in [-0.15, -0.1) is 0 Å². The molecule has 10 aromatic carbocycles. The highest BCUT2D eigenvalue weighted by atomic mass is 19.1. The normalized spacial score (nSPS) is 11.3. The minimum atomic E-state index is -0.578. The molecule has 0 atom stereocenters. The highest BCUT2D eigenvalue weighted by Gasteiger charge is 2.25. The Hall–Kier alpha value is -11.3. The lowest BCUT2D eigenvalue weighted by molar-refractivity contribution is 0.631. The van der Waals surface area contributed by atoms with Gasteiger partial charge in [-0.25, -0.2) is 34.3 Å². The molecule has 0 amide bonds. The van der Waals surface area contributed by atoms with Crippen molar-refractivity contribution >= 4 is 43.6 Å². The third-order valence-corrected chi connectivity index (χ3v) is 14.4. The van der Waals surface area contributed by atoms with Crippen LogP contribution in [-0.4, -0.2) is 39.0 Å². The van der Waals surface area contributed by atoms with E-state index < -0.39 is 5.82 Å². The summed E-state index contributed by atoms with van der Waals surface area (Å²) in [5, 5.41) is 25.4. The summed E-state index contributed by atoms with van der Waals surface area (Å²) in [6.45, 7) is 0. The quantitative estimate of drug-likeness (QED) is 0.139.